The number of aromatic nitrogens is 1. The lowest BCUT2D eigenvalue weighted by Gasteiger charge is -2.08. The van der Waals surface area contributed by atoms with Gasteiger partial charge in [0.1, 0.15) is 11.5 Å². The molecule has 1 aromatic heterocycles. The number of benzene rings is 2. The fraction of sp³-hybridized carbons (Fsp3) is 0.188. The highest BCUT2D eigenvalue weighted by Gasteiger charge is 2.15. The zero-order chi connectivity index (χ0) is 13.6. The van der Waals surface area contributed by atoms with Crippen LogP contribution in [-0.2, 0) is 11.2 Å². The van der Waals surface area contributed by atoms with E-state index in [1.54, 1.807) is 13.0 Å². The van der Waals surface area contributed by atoms with Gasteiger partial charge in [-0.3, -0.25) is 4.79 Å². The molecule has 2 aromatic carbocycles. The number of aromatic amines is 1. The van der Waals surface area contributed by atoms with Crippen LogP contribution in [0, 0.1) is 6.92 Å². The lowest BCUT2D eigenvalue weighted by atomic mass is 9.99. The first kappa shape index (κ1) is 11.8. The van der Waals surface area contributed by atoms with Gasteiger partial charge in [0, 0.05) is 22.7 Å². The minimum absolute atomic E-state index is 0.0913. The first-order valence-corrected chi connectivity index (χ1v) is 6.29. The molecule has 1 heterocycles. The van der Waals surface area contributed by atoms with Crippen molar-refractivity contribution in [3.05, 3.63) is 41.5 Å². The Hall–Kier alpha value is -2.29. The number of H-pyrrole nitrogens is 1. The Morgan fingerprint density at radius 1 is 1.26 bits per heavy atom. The Morgan fingerprint density at radius 2 is 2.00 bits per heavy atom. The molecule has 0 aliphatic carbocycles. The third kappa shape index (κ3) is 1.78. The molecule has 0 saturated heterocycles. The lowest BCUT2D eigenvalue weighted by molar-refractivity contribution is -0.116. The number of phenols is 1. The number of para-hydroxylation sites is 1. The zero-order valence-electron chi connectivity index (χ0n) is 10.9. The van der Waals surface area contributed by atoms with Crippen LogP contribution in [-0.4, -0.2) is 15.9 Å². The second kappa shape index (κ2) is 4.12. The minimum atomic E-state index is 0.0913. The molecule has 3 nitrogen and oxygen atoms in total. The fourth-order valence-electron chi connectivity index (χ4n) is 2.61. The van der Waals surface area contributed by atoms with Crippen molar-refractivity contribution in [3.63, 3.8) is 0 Å². The summed E-state index contributed by atoms with van der Waals surface area (Å²) in [6.07, 6.45) is 0.337. The van der Waals surface area contributed by atoms with Crippen LogP contribution in [0.1, 0.15) is 18.1 Å². The van der Waals surface area contributed by atoms with E-state index < -0.39 is 0 Å². The van der Waals surface area contributed by atoms with Crippen LogP contribution in [0.3, 0.4) is 0 Å². The minimum Gasteiger partial charge on any atom is -0.508 e. The van der Waals surface area contributed by atoms with E-state index in [9.17, 15) is 9.90 Å². The number of rotatable bonds is 2. The molecule has 96 valence electrons. The van der Waals surface area contributed by atoms with Crippen molar-refractivity contribution in [2.45, 2.75) is 20.3 Å². The molecule has 2 N–H and O–H groups in total. The van der Waals surface area contributed by atoms with Gasteiger partial charge in [0.25, 0.3) is 0 Å². The van der Waals surface area contributed by atoms with Crippen LogP contribution in [0.15, 0.2) is 30.3 Å². The maximum atomic E-state index is 11.4. The van der Waals surface area contributed by atoms with Crippen LogP contribution in [0.2, 0.25) is 0 Å². The number of Topliss-reactive ketones (excluding diaryl/α,β-unsaturated/α-hetero) is 1. The molecule has 0 amide bonds. The number of phenolic OH excluding ortho intramolecular Hbond substituents is 1. The fourth-order valence-corrected chi connectivity index (χ4v) is 2.61. The van der Waals surface area contributed by atoms with E-state index in [1.807, 2.05) is 31.2 Å². The Balaban J connectivity index is 2.45. The van der Waals surface area contributed by atoms with Crippen LogP contribution in [0.25, 0.3) is 21.8 Å². The number of aromatic hydroxyl groups is 1. The number of hydrogen-bond acceptors (Lipinski definition) is 2. The molecule has 3 aromatic rings. The maximum absolute atomic E-state index is 11.4. The van der Waals surface area contributed by atoms with E-state index in [0.29, 0.717) is 6.42 Å². The van der Waals surface area contributed by atoms with E-state index in [1.165, 1.54) is 0 Å². The first-order chi connectivity index (χ1) is 9.08. The lowest BCUT2D eigenvalue weighted by Crippen LogP contribution is -2.00. The number of nitrogens with one attached hydrogen (secondary N) is 1. The SMILES string of the molecule is CC(=O)Cc1c(C)c(O)cc2c1[nH]c1ccccc12. The van der Waals surface area contributed by atoms with Crippen LogP contribution in [0.5, 0.6) is 5.75 Å². The highest BCUT2D eigenvalue weighted by atomic mass is 16.3. The van der Waals surface area contributed by atoms with E-state index >= 15 is 0 Å². The standard InChI is InChI=1S/C16H15NO2/c1-9(18)7-12-10(2)15(19)8-13-11-5-3-4-6-14(11)17-16(12)13/h3-6,8,17,19H,7H2,1-2H3. The van der Waals surface area contributed by atoms with Gasteiger partial charge < -0.3 is 10.1 Å². The first-order valence-electron chi connectivity index (χ1n) is 6.29. The second-order valence-electron chi connectivity index (χ2n) is 4.97. The van der Waals surface area contributed by atoms with Gasteiger partial charge in [0.2, 0.25) is 0 Å². The number of ketones is 1. The summed E-state index contributed by atoms with van der Waals surface area (Å²) in [4.78, 5) is 14.8. The van der Waals surface area contributed by atoms with Gasteiger partial charge in [0.05, 0.1) is 5.52 Å². The summed E-state index contributed by atoms with van der Waals surface area (Å²) in [5.74, 6) is 0.335. The summed E-state index contributed by atoms with van der Waals surface area (Å²) < 4.78 is 0. The van der Waals surface area contributed by atoms with Gasteiger partial charge in [-0.05, 0) is 37.1 Å². The largest absolute Gasteiger partial charge is 0.508 e. The molecule has 0 atom stereocenters. The second-order valence-corrected chi connectivity index (χ2v) is 4.97. The molecule has 3 heteroatoms. The molecule has 0 aliphatic heterocycles. The maximum Gasteiger partial charge on any atom is 0.134 e. The van der Waals surface area contributed by atoms with E-state index in [0.717, 1.165) is 32.9 Å². The Bertz CT molecular complexity index is 799. The monoisotopic (exact) mass is 253 g/mol. The number of carbonyl (C=O) groups excluding carboxylic acids is 1. The van der Waals surface area contributed by atoms with Gasteiger partial charge in [-0.25, -0.2) is 0 Å². The quantitative estimate of drug-likeness (QED) is 0.734. The predicted octanol–water partition coefficient (Wildman–Crippen LogP) is 3.47. The third-order valence-electron chi connectivity index (χ3n) is 3.59. The Morgan fingerprint density at radius 3 is 2.74 bits per heavy atom. The number of fused-ring (bicyclic) bond motifs is 3. The van der Waals surface area contributed by atoms with Crippen LogP contribution < -0.4 is 0 Å². The van der Waals surface area contributed by atoms with Gasteiger partial charge >= 0.3 is 0 Å². The molecule has 0 bridgehead atoms. The summed E-state index contributed by atoms with van der Waals surface area (Å²) in [5.41, 5.74) is 3.63. The van der Waals surface area contributed by atoms with Crippen molar-refractivity contribution in [2.24, 2.45) is 0 Å². The molecule has 0 unspecified atom stereocenters. The summed E-state index contributed by atoms with van der Waals surface area (Å²) in [5, 5.41) is 12.1. The van der Waals surface area contributed by atoms with Crippen molar-refractivity contribution in [3.8, 4) is 5.75 Å². The summed E-state index contributed by atoms with van der Waals surface area (Å²) in [6, 6.07) is 9.72. The highest BCUT2D eigenvalue weighted by Crippen LogP contribution is 2.34. The average Bonchev–Trinajstić information content (AvgIpc) is 2.73. The van der Waals surface area contributed by atoms with Gasteiger partial charge in [0.15, 0.2) is 0 Å². The number of hydrogen-bond donors (Lipinski definition) is 2. The van der Waals surface area contributed by atoms with Crippen molar-refractivity contribution >= 4 is 27.6 Å². The normalized spacial score (nSPS) is 11.3. The molecule has 3 rings (SSSR count). The van der Waals surface area contributed by atoms with Crippen molar-refractivity contribution in [1.29, 1.82) is 0 Å². The van der Waals surface area contributed by atoms with Gasteiger partial charge in [-0.15, -0.1) is 0 Å². The van der Waals surface area contributed by atoms with Gasteiger partial charge in [-0.2, -0.15) is 0 Å². The van der Waals surface area contributed by atoms with Gasteiger partial charge in [-0.1, -0.05) is 18.2 Å². The Kier molecular flexibility index (Phi) is 2.56. The summed E-state index contributed by atoms with van der Waals surface area (Å²) in [6.45, 7) is 3.41. The van der Waals surface area contributed by atoms with Crippen molar-refractivity contribution in [2.75, 3.05) is 0 Å². The molecule has 0 spiro atoms. The van der Waals surface area contributed by atoms with E-state index in [2.05, 4.69) is 4.98 Å². The number of carbonyl (C=O) groups is 1. The van der Waals surface area contributed by atoms with Crippen molar-refractivity contribution in [1.82, 2.24) is 4.98 Å². The average molecular weight is 253 g/mol. The molecule has 0 fully saturated rings. The molecule has 0 saturated carbocycles. The summed E-state index contributed by atoms with van der Waals surface area (Å²) in [7, 11) is 0. The molecular weight excluding hydrogens is 238 g/mol. The molecule has 0 aliphatic rings. The van der Waals surface area contributed by atoms with Crippen molar-refractivity contribution < 1.29 is 9.90 Å². The summed E-state index contributed by atoms with van der Waals surface area (Å²) >= 11 is 0. The zero-order valence-corrected chi connectivity index (χ0v) is 10.9. The van der Waals surface area contributed by atoms with E-state index in [-0.39, 0.29) is 11.5 Å². The molecule has 0 radical (unpaired) electrons. The third-order valence-corrected chi connectivity index (χ3v) is 3.59. The highest BCUT2D eigenvalue weighted by molar-refractivity contribution is 6.09. The van der Waals surface area contributed by atoms with Crippen LogP contribution in [0.4, 0.5) is 0 Å². The smallest absolute Gasteiger partial charge is 0.134 e. The van der Waals surface area contributed by atoms with E-state index in [4.69, 9.17) is 0 Å². The molecule has 19 heavy (non-hydrogen) atoms. The van der Waals surface area contributed by atoms with Crippen LogP contribution >= 0.6 is 0 Å². The predicted molar refractivity (Wildman–Crippen MR) is 76.6 cm³/mol. The topological polar surface area (TPSA) is 53.1 Å². The molecular formula is C16H15NO2. The Labute approximate surface area is 110 Å².